The lowest BCUT2D eigenvalue weighted by molar-refractivity contribution is -0.226. The minimum atomic E-state index is -0.860. The molecule has 1 N–H and O–H groups in total. The van der Waals surface area contributed by atoms with Gasteiger partial charge in [-0.05, 0) is 34.2 Å². The van der Waals surface area contributed by atoms with Gasteiger partial charge in [0.25, 0.3) is 0 Å². The predicted octanol–water partition coefficient (Wildman–Crippen LogP) is 8.87. The average Bonchev–Trinajstić information content (AvgIpc) is 3.17. The van der Waals surface area contributed by atoms with E-state index < -0.39 is 36.5 Å². The molecule has 51 heavy (non-hydrogen) atoms. The third-order valence-corrected chi connectivity index (χ3v) is 9.19. The summed E-state index contributed by atoms with van der Waals surface area (Å²) in [6.45, 7) is 3.21. The minimum Gasteiger partial charge on any atom is -0.370 e. The van der Waals surface area contributed by atoms with Crippen LogP contribution in [0.25, 0.3) is 10.4 Å². The summed E-state index contributed by atoms with van der Waals surface area (Å²) in [6, 6.07) is 37.9. The molecule has 1 saturated carbocycles. The maximum Gasteiger partial charge on any atom is 0.220 e. The summed E-state index contributed by atoms with van der Waals surface area (Å²) in [5, 5.41) is 7.56. The summed E-state index contributed by atoms with van der Waals surface area (Å²) in [7, 11) is 0. The van der Waals surface area contributed by atoms with E-state index in [1.807, 2.05) is 121 Å². The molecule has 0 heterocycles. The molecule has 268 valence electrons. The Morgan fingerprint density at radius 1 is 0.588 bits per heavy atom. The molecule has 0 unspecified atom stereocenters. The Bertz CT molecular complexity index is 1610. The van der Waals surface area contributed by atoms with Crippen LogP contribution in [-0.4, -0.2) is 42.4 Å². The number of nitrogens with one attached hydrogen (secondary N) is 1. The van der Waals surface area contributed by atoms with Gasteiger partial charge in [-0.1, -0.05) is 159 Å². The van der Waals surface area contributed by atoms with Crippen molar-refractivity contribution < 1.29 is 23.7 Å². The van der Waals surface area contributed by atoms with Gasteiger partial charge in [0.05, 0.1) is 44.6 Å². The highest BCUT2D eigenvalue weighted by molar-refractivity contribution is 5.76. The first-order chi connectivity index (χ1) is 25.2. The largest absolute Gasteiger partial charge is 0.370 e. The molecular weight excluding hydrogens is 640 g/mol. The minimum absolute atomic E-state index is 0.129. The van der Waals surface area contributed by atoms with Crippen molar-refractivity contribution in [2.75, 3.05) is 0 Å². The molecule has 5 rings (SSSR count). The zero-order valence-corrected chi connectivity index (χ0v) is 29.5. The van der Waals surface area contributed by atoms with Crippen LogP contribution in [0.15, 0.2) is 126 Å². The van der Waals surface area contributed by atoms with E-state index in [4.69, 9.17) is 18.9 Å². The normalized spacial score (nSPS) is 21.4. The highest BCUT2D eigenvalue weighted by atomic mass is 16.6. The van der Waals surface area contributed by atoms with E-state index in [1.54, 1.807) is 0 Å². The maximum atomic E-state index is 13.7. The van der Waals surface area contributed by atoms with Gasteiger partial charge in [-0.2, -0.15) is 0 Å². The van der Waals surface area contributed by atoms with E-state index in [0.29, 0.717) is 6.42 Å². The molecule has 0 spiro atoms. The van der Waals surface area contributed by atoms with E-state index in [9.17, 15) is 10.3 Å². The SMILES string of the molecule is CCCCCCCC(=O)N[C@@H]1[C@H](N=[N+]=[N-])[C@H](OCc2ccccc2)[C@@H](OCc2ccccc2)[C@H](OCc2ccccc2)[C@H]1OCc1ccccc1. The maximum absolute atomic E-state index is 13.7. The van der Waals surface area contributed by atoms with E-state index >= 15 is 0 Å². The third-order valence-electron chi connectivity index (χ3n) is 9.19. The first-order valence-corrected chi connectivity index (χ1v) is 18.1. The molecule has 1 amide bonds. The molecule has 9 nitrogen and oxygen atoms in total. The Hall–Kier alpha value is -4.50. The lowest BCUT2D eigenvalue weighted by atomic mass is 9.80. The molecule has 0 aromatic heterocycles. The fourth-order valence-corrected chi connectivity index (χ4v) is 6.52. The van der Waals surface area contributed by atoms with Crippen molar-refractivity contribution in [1.82, 2.24) is 5.32 Å². The van der Waals surface area contributed by atoms with Crippen molar-refractivity contribution in [2.24, 2.45) is 5.11 Å². The fraction of sp³-hybridized carbons (Fsp3) is 0.405. The summed E-state index contributed by atoms with van der Waals surface area (Å²) in [6.07, 6.45) is 2.49. The third kappa shape index (κ3) is 11.8. The number of rotatable bonds is 20. The zero-order valence-electron chi connectivity index (χ0n) is 29.5. The van der Waals surface area contributed by atoms with E-state index in [0.717, 1.165) is 54.4 Å². The van der Waals surface area contributed by atoms with Crippen molar-refractivity contribution in [3.8, 4) is 0 Å². The second-order valence-electron chi connectivity index (χ2n) is 13.0. The second-order valence-corrected chi connectivity index (χ2v) is 13.0. The number of amides is 1. The second kappa shape index (κ2) is 21.0. The van der Waals surface area contributed by atoms with Gasteiger partial charge in [-0.25, -0.2) is 0 Å². The number of unbranched alkanes of at least 4 members (excludes halogenated alkanes) is 4. The predicted molar refractivity (Wildman–Crippen MR) is 198 cm³/mol. The van der Waals surface area contributed by atoms with Gasteiger partial charge in [0, 0.05) is 11.3 Å². The molecule has 1 aliphatic carbocycles. The molecule has 0 aliphatic heterocycles. The molecule has 1 fully saturated rings. The first-order valence-electron chi connectivity index (χ1n) is 18.1. The lowest BCUT2D eigenvalue weighted by Gasteiger charge is -2.49. The van der Waals surface area contributed by atoms with Crippen molar-refractivity contribution in [3.63, 3.8) is 0 Å². The van der Waals surface area contributed by atoms with Crippen molar-refractivity contribution in [3.05, 3.63) is 154 Å². The quantitative estimate of drug-likeness (QED) is 0.0431. The van der Waals surface area contributed by atoms with Crippen LogP contribution in [0.4, 0.5) is 0 Å². The molecule has 0 bridgehead atoms. The summed E-state index contributed by atoms with van der Waals surface area (Å²) >= 11 is 0. The smallest absolute Gasteiger partial charge is 0.220 e. The number of hydrogen-bond acceptors (Lipinski definition) is 6. The summed E-state index contributed by atoms with van der Waals surface area (Å²) in [4.78, 5) is 16.9. The number of azide groups is 1. The van der Waals surface area contributed by atoms with Crippen molar-refractivity contribution in [1.29, 1.82) is 0 Å². The number of benzene rings is 4. The Balaban J connectivity index is 1.53. The molecule has 1 aliphatic rings. The van der Waals surface area contributed by atoms with Gasteiger partial charge < -0.3 is 24.3 Å². The molecular formula is C42H50N4O5. The van der Waals surface area contributed by atoms with Gasteiger partial charge in [-0.15, -0.1) is 0 Å². The van der Waals surface area contributed by atoms with Gasteiger partial charge in [0.2, 0.25) is 5.91 Å². The summed E-state index contributed by atoms with van der Waals surface area (Å²) in [5.41, 5.74) is 13.9. The van der Waals surface area contributed by atoms with Crippen LogP contribution in [0.1, 0.15) is 67.7 Å². The number of hydrogen-bond donors (Lipinski definition) is 1. The summed E-state index contributed by atoms with van der Waals surface area (Å²) < 4.78 is 27.0. The fourth-order valence-electron chi connectivity index (χ4n) is 6.52. The van der Waals surface area contributed by atoms with Crippen LogP contribution in [0, 0.1) is 0 Å². The molecule has 0 saturated heterocycles. The lowest BCUT2D eigenvalue weighted by Crippen LogP contribution is -2.69. The Kier molecular flexibility index (Phi) is 15.5. The molecule has 0 radical (unpaired) electrons. The molecule has 4 aromatic rings. The van der Waals surface area contributed by atoms with Crippen molar-refractivity contribution >= 4 is 5.91 Å². The Labute approximate surface area is 301 Å². The van der Waals surface area contributed by atoms with Gasteiger partial charge >= 0.3 is 0 Å². The topological polar surface area (TPSA) is 115 Å². The van der Waals surface area contributed by atoms with E-state index in [2.05, 4.69) is 22.3 Å². The number of carbonyl (C=O) groups excluding carboxylic acids is 1. The molecule has 4 aromatic carbocycles. The highest BCUT2D eigenvalue weighted by Crippen LogP contribution is 2.35. The number of carbonyl (C=O) groups is 1. The number of ether oxygens (including phenoxy) is 4. The van der Waals surface area contributed by atoms with E-state index in [1.165, 1.54) is 0 Å². The molecule has 6 atom stereocenters. The van der Waals surface area contributed by atoms with Gasteiger partial charge in [0.15, 0.2) is 0 Å². The monoisotopic (exact) mass is 690 g/mol. The van der Waals surface area contributed by atoms with Crippen LogP contribution >= 0.6 is 0 Å². The van der Waals surface area contributed by atoms with Crippen LogP contribution in [0.5, 0.6) is 0 Å². The Morgan fingerprint density at radius 3 is 1.41 bits per heavy atom. The van der Waals surface area contributed by atoms with Crippen LogP contribution < -0.4 is 5.32 Å². The highest BCUT2D eigenvalue weighted by Gasteiger charge is 2.54. The first kappa shape index (κ1) is 37.7. The standard InChI is InChI=1S/C42H50N4O5/c1-2-3-4-5-18-27-36(47)44-37-38(45-46-43)40(49-29-33-21-12-7-13-22-33)42(51-31-35-25-16-9-17-26-35)41(50-30-34-23-14-8-15-24-34)39(37)48-28-32-19-10-6-11-20-32/h6-17,19-26,37-42H,2-5,18,27-31H2,1H3,(H,44,47)/t37-,38+,39+,40+,41-,42-/m1/s1. The van der Waals surface area contributed by atoms with Gasteiger partial charge in [0.1, 0.15) is 18.3 Å². The van der Waals surface area contributed by atoms with Gasteiger partial charge in [-0.3, -0.25) is 4.79 Å². The summed E-state index contributed by atoms with van der Waals surface area (Å²) in [5.74, 6) is -0.129. The van der Waals surface area contributed by atoms with Crippen LogP contribution in [0.3, 0.4) is 0 Å². The van der Waals surface area contributed by atoms with Crippen LogP contribution in [-0.2, 0) is 50.2 Å². The van der Waals surface area contributed by atoms with Crippen molar-refractivity contribution in [2.45, 2.75) is 108 Å². The average molecular weight is 691 g/mol. The van der Waals surface area contributed by atoms with Crippen LogP contribution in [0.2, 0.25) is 0 Å². The zero-order chi connectivity index (χ0) is 35.5. The number of nitrogens with zero attached hydrogens (tertiary/aromatic N) is 3. The molecule has 9 heteroatoms. The Morgan fingerprint density at radius 2 is 0.980 bits per heavy atom. The van der Waals surface area contributed by atoms with E-state index in [-0.39, 0.29) is 32.3 Å².